The minimum absolute atomic E-state index is 0.0521. The van der Waals surface area contributed by atoms with Crippen molar-refractivity contribution in [1.82, 2.24) is 10.2 Å². The van der Waals surface area contributed by atoms with Crippen LogP contribution in [0.25, 0.3) is 0 Å². The first-order chi connectivity index (χ1) is 14.4. The molecule has 1 unspecified atom stereocenters. The van der Waals surface area contributed by atoms with Gasteiger partial charge in [-0.05, 0) is 50.2 Å². The van der Waals surface area contributed by atoms with Gasteiger partial charge in [0.2, 0.25) is 0 Å². The first-order valence-corrected chi connectivity index (χ1v) is 13.7. The molecule has 7 nitrogen and oxygen atoms in total. The molecule has 1 aromatic heterocycles. The van der Waals surface area contributed by atoms with Crippen LogP contribution in [0.15, 0.2) is 58.0 Å². The SMILES string of the molecule is O=S1(=O)C[C@H](NCC(c2ccco2)N2CCCCC2)[C@@H](S(=O)(=O)c2ccccc2)C1. The van der Waals surface area contributed by atoms with Gasteiger partial charge in [-0.25, -0.2) is 16.8 Å². The molecular weight excluding hydrogens is 424 g/mol. The lowest BCUT2D eigenvalue weighted by atomic mass is 10.1. The molecule has 2 fully saturated rings. The molecule has 1 N–H and O–H groups in total. The summed E-state index contributed by atoms with van der Waals surface area (Å²) in [5.74, 6) is 0.291. The molecule has 30 heavy (non-hydrogen) atoms. The van der Waals surface area contributed by atoms with Crippen LogP contribution in [0.5, 0.6) is 0 Å². The van der Waals surface area contributed by atoms with Crippen LogP contribution in [0.1, 0.15) is 31.1 Å². The smallest absolute Gasteiger partial charge is 0.183 e. The van der Waals surface area contributed by atoms with E-state index >= 15 is 0 Å². The highest BCUT2D eigenvalue weighted by Crippen LogP contribution is 2.28. The van der Waals surface area contributed by atoms with Gasteiger partial charge in [-0.1, -0.05) is 24.6 Å². The van der Waals surface area contributed by atoms with E-state index in [-0.39, 0.29) is 22.4 Å². The zero-order valence-corrected chi connectivity index (χ0v) is 18.4. The number of hydrogen-bond acceptors (Lipinski definition) is 7. The number of rotatable bonds is 7. The minimum Gasteiger partial charge on any atom is -0.468 e. The molecule has 3 atom stereocenters. The van der Waals surface area contributed by atoms with E-state index in [1.165, 1.54) is 18.6 Å². The Balaban J connectivity index is 1.55. The zero-order chi connectivity index (χ0) is 21.2. The van der Waals surface area contributed by atoms with Gasteiger partial charge in [0.05, 0.1) is 34.0 Å². The maximum absolute atomic E-state index is 13.2. The van der Waals surface area contributed by atoms with Crippen LogP contribution in [0.2, 0.25) is 0 Å². The van der Waals surface area contributed by atoms with E-state index in [4.69, 9.17) is 4.42 Å². The van der Waals surface area contributed by atoms with E-state index in [2.05, 4.69) is 10.2 Å². The summed E-state index contributed by atoms with van der Waals surface area (Å²) in [5.41, 5.74) is 0. The van der Waals surface area contributed by atoms with Crippen LogP contribution >= 0.6 is 0 Å². The molecule has 0 spiro atoms. The molecule has 0 radical (unpaired) electrons. The molecule has 0 amide bonds. The number of furan rings is 1. The molecule has 164 valence electrons. The Bertz CT molecular complexity index is 1030. The van der Waals surface area contributed by atoms with E-state index < -0.39 is 31.0 Å². The van der Waals surface area contributed by atoms with Gasteiger partial charge in [0, 0.05) is 12.6 Å². The molecule has 2 aliphatic heterocycles. The highest BCUT2D eigenvalue weighted by Gasteiger charge is 2.46. The standard InChI is InChI=1S/C21H28N2O5S2/c24-29(25)15-18(21(16-29)30(26,27)17-8-3-1-4-9-17)22-14-19(20-10-7-13-28-20)23-11-5-2-6-12-23/h1,3-4,7-10,13,18-19,21-22H,2,5-6,11-12,14-16H2/t18-,19?,21-/m0/s1. The van der Waals surface area contributed by atoms with Crippen molar-refractivity contribution in [2.45, 2.75) is 41.5 Å². The predicted octanol–water partition coefficient (Wildman–Crippen LogP) is 2.04. The zero-order valence-electron chi connectivity index (χ0n) is 16.8. The van der Waals surface area contributed by atoms with Crippen LogP contribution in [0, 0.1) is 0 Å². The molecule has 3 heterocycles. The maximum atomic E-state index is 13.2. The summed E-state index contributed by atoms with van der Waals surface area (Å²) in [7, 11) is -7.21. The van der Waals surface area contributed by atoms with E-state index in [0.29, 0.717) is 6.54 Å². The fourth-order valence-electron chi connectivity index (χ4n) is 4.48. The van der Waals surface area contributed by atoms with Crippen molar-refractivity contribution in [3.05, 3.63) is 54.5 Å². The molecule has 1 aromatic carbocycles. The Morgan fingerprint density at radius 2 is 1.77 bits per heavy atom. The third kappa shape index (κ3) is 4.64. The Hall–Kier alpha value is -1.68. The lowest BCUT2D eigenvalue weighted by Crippen LogP contribution is -2.47. The largest absolute Gasteiger partial charge is 0.468 e. The van der Waals surface area contributed by atoms with Gasteiger partial charge in [-0.15, -0.1) is 0 Å². The van der Waals surface area contributed by atoms with Gasteiger partial charge in [0.15, 0.2) is 19.7 Å². The lowest BCUT2D eigenvalue weighted by molar-refractivity contribution is 0.141. The van der Waals surface area contributed by atoms with Crippen LogP contribution in [0.3, 0.4) is 0 Å². The number of piperidine rings is 1. The number of benzene rings is 1. The van der Waals surface area contributed by atoms with Crippen LogP contribution in [0.4, 0.5) is 0 Å². The number of nitrogens with one attached hydrogen (secondary N) is 1. The van der Waals surface area contributed by atoms with Gasteiger partial charge in [-0.2, -0.15) is 0 Å². The van der Waals surface area contributed by atoms with Crippen molar-refractivity contribution < 1.29 is 21.3 Å². The lowest BCUT2D eigenvalue weighted by Gasteiger charge is -2.34. The normalized spacial score (nSPS) is 25.9. The summed E-state index contributed by atoms with van der Waals surface area (Å²) in [6.45, 7) is 2.33. The average molecular weight is 453 g/mol. The molecule has 2 aliphatic rings. The van der Waals surface area contributed by atoms with E-state index in [0.717, 1.165) is 31.7 Å². The number of hydrogen-bond donors (Lipinski definition) is 1. The second kappa shape index (κ2) is 8.82. The predicted molar refractivity (Wildman–Crippen MR) is 115 cm³/mol. The van der Waals surface area contributed by atoms with E-state index in [1.807, 2.05) is 12.1 Å². The first-order valence-electron chi connectivity index (χ1n) is 10.4. The Morgan fingerprint density at radius 1 is 1.03 bits per heavy atom. The van der Waals surface area contributed by atoms with Crippen molar-refractivity contribution in [3.8, 4) is 0 Å². The summed E-state index contributed by atoms with van der Waals surface area (Å²) in [6.07, 6.45) is 5.06. The highest BCUT2D eigenvalue weighted by atomic mass is 32.2. The maximum Gasteiger partial charge on any atom is 0.183 e. The molecule has 9 heteroatoms. The second-order valence-corrected chi connectivity index (χ2v) is 12.4. The average Bonchev–Trinajstić information content (AvgIpc) is 3.38. The van der Waals surface area contributed by atoms with Gasteiger partial charge in [0.25, 0.3) is 0 Å². The van der Waals surface area contributed by atoms with Crippen molar-refractivity contribution in [1.29, 1.82) is 0 Å². The summed E-state index contributed by atoms with van der Waals surface area (Å²) in [6, 6.07) is 11.2. The third-order valence-electron chi connectivity index (χ3n) is 6.05. The summed E-state index contributed by atoms with van der Waals surface area (Å²) in [4.78, 5) is 2.50. The monoisotopic (exact) mass is 452 g/mol. The Labute approximate surface area is 178 Å². The molecule has 2 aromatic rings. The fourth-order valence-corrected chi connectivity index (χ4v) is 9.22. The molecule has 4 rings (SSSR count). The van der Waals surface area contributed by atoms with Crippen molar-refractivity contribution in [2.24, 2.45) is 0 Å². The van der Waals surface area contributed by atoms with Gasteiger partial charge in [-0.3, -0.25) is 4.90 Å². The molecule has 2 saturated heterocycles. The quantitative estimate of drug-likeness (QED) is 0.687. The topological polar surface area (TPSA) is 96.7 Å². The van der Waals surface area contributed by atoms with E-state index in [9.17, 15) is 16.8 Å². The third-order valence-corrected chi connectivity index (χ3v) is 10.2. The molecular formula is C21H28N2O5S2. The molecule has 0 aliphatic carbocycles. The fraction of sp³-hybridized carbons (Fsp3) is 0.524. The molecule has 0 bridgehead atoms. The first kappa shape index (κ1) is 21.5. The Kier molecular flexibility index (Phi) is 6.34. The van der Waals surface area contributed by atoms with Gasteiger partial charge in [0.1, 0.15) is 5.76 Å². The minimum atomic E-state index is -3.76. The van der Waals surface area contributed by atoms with Crippen LogP contribution < -0.4 is 5.32 Å². The molecule has 0 saturated carbocycles. The number of likely N-dealkylation sites (tertiary alicyclic amines) is 1. The summed E-state index contributed by atoms with van der Waals surface area (Å²) in [5, 5.41) is 2.29. The van der Waals surface area contributed by atoms with Crippen molar-refractivity contribution in [2.75, 3.05) is 31.1 Å². The highest BCUT2D eigenvalue weighted by molar-refractivity contribution is 7.96. The summed E-state index contributed by atoms with van der Waals surface area (Å²) < 4.78 is 56.7. The van der Waals surface area contributed by atoms with Gasteiger partial charge < -0.3 is 9.73 Å². The van der Waals surface area contributed by atoms with Crippen LogP contribution in [-0.4, -0.2) is 64.2 Å². The van der Waals surface area contributed by atoms with Crippen molar-refractivity contribution >= 4 is 19.7 Å². The van der Waals surface area contributed by atoms with Gasteiger partial charge >= 0.3 is 0 Å². The van der Waals surface area contributed by atoms with Crippen molar-refractivity contribution in [3.63, 3.8) is 0 Å². The second-order valence-electron chi connectivity index (χ2n) is 8.12. The van der Waals surface area contributed by atoms with E-state index in [1.54, 1.807) is 24.5 Å². The number of nitrogens with zero attached hydrogens (tertiary/aromatic N) is 1. The number of sulfone groups is 2. The van der Waals surface area contributed by atoms with Crippen LogP contribution in [-0.2, 0) is 19.7 Å². The summed E-state index contributed by atoms with van der Waals surface area (Å²) >= 11 is 0. The Morgan fingerprint density at radius 3 is 2.43 bits per heavy atom.